The van der Waals surface area contributed by atoms with Crippen molar-refractivity contribution >= 4 is 32.5 Å². The van der Waals surface area contributed by atoms with Gasteiger partial charge in [-0.1, -0.05) is 18.2 Å². The summed E-state index contributed by atoms with van der Waals surface area (Å²) in [5.74, 6) is -1.21. The number of carbonyl (C=O) groups excluding carboxylic acids is 1. The molecule has 0 atom stereocenters. The van der Waals surface area contributed by atoms with Gasteiger partial charge in [-0.3, -0.25) is 4.79 Å². The molecule has 8 heteroatoms. The molecule has 0 saturated heterocycles. The number of carbonyl (C=O) groups is 1. The van der Waals surface area contributed by atoms with Crippen molar-refractivity contribution < 1.29 is 13.2 Å². The molecule has 1 heterocycles. The highest BCUT2D eigenvalue weighted by Crippen LogP contribution is 2.19. The highest BCUT2D eigenvalue weighted by Gasteiger charge is 2.14. The van der Waals surface area contributed by atoms with E-state index >= 15 is 0 Å². The topological polar surface area (TPSA) is 93.1 Å². The third-order valence-electron chi connectivity index (χ3n) is 3.50. The number of hydrogen-bond donors (Lipinski definition) is 2. The second-order valence-corrected chi connectivity index (χ2v) is 7.10. The van der Waals surface area contributed by atoms with Crippen LogP contribution in [0.2, 0.25) is 0 Å². The van der Waals surface area contributed by atoms with Gasteiger partial charge in [-0.15, -0.1) is 0 Å². The number of nitrogens with one attached hydrogen (secondary N) is 2. The summed E-state index contributed by atoms with van der Waals surface area (Å²) in [7, 11) is -2.31. The van der Waals surface area contributed by atoms with Gasteiger partial charge in [0.25, 0.3) is 0 Å². The number of nitrogens with zero attached hydrogens (tertiary/aromatic N) is 2. The van der Waals surface area contributed by atoms with Crippen LogP contribution >= 0.6 is 0 Å². The molecule has 0 spiro atoms. The van der Waals surface area contributed by atoms with Crippen LogP contribution in [0.4, 0.5) is 5.69 Å². The summed E-state index contributed by atoms with van der Waals surface area (Å²) in [5.41, 5.74) is 2.35. The van der Waals surface area contributed by atoms with Crippen LogP contribution in [0.3, 0.4) is 0 Å². The maximum atomic E-state index is 11.7. The van der Waals surface area contributed by atoms with E-state index in [1.54, 1.807) is 23.0 Å². The number of anilines is 1. The SMILES string of the molecule is CNS(=O)(=O)CC(=O)Nc1ccc(-n2ncc3ccccc32)cc1. The normalized spacial score (nSPS) is 11.5. The third kappa shape index (κ3) is 3.44. The number of para-hydroxylation sites is 1. The molecule has 3 rings (SSSR count). The number of benzene rings is 2. The minimum atomic E-state index is -3.58. The minimum Gasteiger partial charge on any atom is -0.325 e. The largest absolute Gasteiger partial charge is 0.325 e. The molecule has 0 bridgehead atoms. The number of fused-ring (bicyclic) bond motifs is 1. The molecule has 1 amide bonds. The fourth-order valence-electron chi connectivity index (χ4n) is 2.31. The summed E-state index contributed by atoms with van der Waals surface area (Å²) >= 11 is 0. The van der Waals surface area contributed by atoms with Gasteiger partial charge in [-0.05, 0) is 37.4 Å². The molecule has 7 nitrogen and oxygen atoms in total. The summed E-state index contributed by atoms with van der Waals surface area (Å²) < 4.78 is 26.6. The molecule has 2 aromatic carbocycles. The highest BCUT2D eigenvalue weighted by atomic mass is 32.2. The lowest BCUT2D eigenvalue weighted by molar-refractivity contribution is -0.113. The highest BCUT2D eigenvalue weighted by molar-refractivity contribution is 7.90. The summed E-state index contributed by atoms with van der Waals surface area (Å²) in [6, 6.07) is 14.9. The molecule has 1 aromatic heterocycles. The van der Waals surface area contributed by atoms with Crippen molar-refractivity contribution in [2.45, 2.75) is 0 Å². The van der Waals surface area contributed by atoms with Crippen LogP contribution in [0.1, 0.15) is 0 Å². The van der Waals surface area contributed by atoms with Gasteiger partial charge in [0.2, 0.25) is 15.9 Å². The van der Waals surface area contributed by atoms with E-state index in [1.807, 2.05) is 36.4 Å². The van der Waals surface area contributed by atoms with E-state index in [4.69, 9.17) is 0 Å². The van der Waals surface area contributed by atoms with Crippen molar-refractivity contribution in [1.29, 1.82) is 0 Å². The average molecular weight is 344 g/mol. The Labute approximate surface area is 139 Å². The molecule has 0 unspecified atom stereocenters. The number of rotatable bonds is 5. The zero-order valence-electron chi connectivity index (χ0n) is 12.9. The average Bonchev–Trinajstić information content (AvgIpc) is 2.99. The predicted octanol–water partition coefficient (Wildman–Crippen LogP) is 1.51. The maximum Gasteiger partial charge on any atom is 0.240 e. The molecule has 124 valence electrons. The third-order valence-corrected chi connectivity index (χ3v) is 4.77. The number of aromatic nitrogens is 2. The molecule has 0 fully saturated rings. The Morgan fingerprint density at radius 2 is 1.83 bits per heavy atom. The summed E-state index contributed by atoms with van der Waals surface area (Å²) in [6.07, 6.45) is 1.79. The van der Waals surface area contributed by atoms with E-state index in [9.17, 15) is 13.2 Å². The lowest BCUT2D eigenvalue weighted by Crippen LogP contribution is -2.30. The zero-order chi connectivity index (χ0) is 17.2. The molecular formula is C16H16N4O3S. The van der Waals surface area contributed by atoms with Gasteiger partial charge in [-0.25, -0.2) is 17.8 Å². The van der Waals surface area contributed by atoms with E-state index in [2.05, 4.69) is 15.1 Å². The van der Waals surface area contributed by atoms with Crippen molar-refractivity contribution in [1.82, 2.24) is 14.5 Å². The first kappa shape index (κ1) is 16.2. The molecule has 0 aliphatic heterocycles. The van der Waals surface area contributed by atoms with E-state index in [-0.39, 0.29) is 0 Å². The molecule has 0 radical (unpaired) electrons. The lowest BCUT2D eigenvalue weighted by atomic mass is 10.2. The monoisotopic (exact) mass is 344 g/mol. The Morgan fingerprint density at radius 3 is 2.54 bits per heavy atom. The number of sulfonamides is 1. The molecule has 3 aromatic rings. The standard InChI is InChI=1S/C16H16N4O3S/c1-17-24(22,23)11-16(21)19-13-6-8-14(9-7-13)20-15-5-3-2-4-12(15)10-18-20/h2-10,17H,11H2,1H3,(H,19,21). The minimum absolute atomic E-state index is 0.520. The molecule has 0 aliphatic carbocycles. The van der Waals surface area contributed by atoms with Crippen LogP contribution in [0.25, 0.3) is 16.6 Å². The van der Waals surface area contributed by atoms with Crippen LogP contribution in [0, 0.1) is 0 Å². The quantitative estimate of drug-likeness (QED) is 0.734. The smallest absolute Gasteiger partial charge is 0.240 e. The molecular weight excluding hydrogens is 328 g/mol. The van der Waals surface area contributed by atoms with Crippen LogP contribution in [-0.2, 0) is 14.8 Å². The van der Waals surface area contributed by atoms with Crippen LogP contribution < -0.4 is 10.0 Å². The summed E-state index contributed by atoms with van der Waals surface area (Å²) in [6.45, 7) is 0. The van der Waals surface area contributed by atoms with Crippen LogP contribution in [-0.4, -0.2) is 36.9 Å². The first-order valence-electron chi connectivity index (χ1n) is 7.23. The molecule has 0 aliphatic rings. The van der Waals surface area contributed by atoms with Gasteiger partial charge < -0.3 is 5.32 Å². The molecule has 24 heavy (non-hydrogen) atoms. The predicted molar refractivity (Wildman–Crippen MR) is 92.5 cm³/mol. The van der Waals surface area contributed by atoms with Crippen molar-refractivity contribution in [3.8, 4) is 5.69 Å². The first-order chi connectivity index (χ1) is 11.5. The van der Waals surface area contributed by atoms with E-state index < -0.39 is 21.7 Å². The second kappa shape index (κ2) is 6.42. The van der Waals surface area contributed by atoms with E-state index in [0.29, 0.717) is 5.69 Å². The van der Waals surface area contributed by atoms with Gasteiger partial charge in [-0.2, -0.15) is 5.10 Å². The second-order valence-electron chi connectivity index (χ2n) is 5.17. The number of hydrogen-bond acceptors (Lipinski definition) is 4. The number of amides is 1. The fraction of sp³-hybridized carbons (Fsp3) is 0.125. The fourth-order valence-corrected chi connectivity index (χ4v) is 2.87. The lowest BCUT2D eigenvalue weighted by Gasteiger charge is -2.08. The van der Waals surface area contributed by atoms with Gasteiger partial charge in [0, 0.05) is 11.1 Å². The Hall–Kier alpha value is -2.71. The van der Waals surface area contributed by atoms with Crippen molar-refractivity contribution in [3.63, 3.8) is 0 Å². The van der Waals surface area contributed by atoms with E-state index in [0.717, 1.165) is 16.6 Å². The summed E-state index contributed by atoms with van der Waals surface area (Å²) in [4.78, 5) is 11.7. The Morgan fingerprint density at radius 1 is 1.12 bits per heavy atom. The maximum absolute atomic E-state index is 11.7. The molecule has 2 N–H and O–H groups in total. The van der Waals surface area contributed by atoms with Crippen LogP contribution in [0.5, 0.6) is 0 Å². The summed E-state index contributed by atoms with van der Waals surface area (Å²) in [5, 5.41) is 7.95. The Balaban J connectivity index is 1.77. The van der Waals surface area contributed by atoms with Gasteiger partial charge in [0.15, 0.2) is 0 Å². The Bertz CT molecular complexity index is 978. The first-order valence-corrected chi connectivity index (χ1v) is 8.88. The van der Waals surface area contributed by atoms with Gasteiger partial charge in [0.05, 0.1) is 17.4 Å². The van der Waals surface area contributed by atoms with Gasteiger partial charge >= 0.3 is 0 Å². The van der Waals surface area contributed by atoms with Crippen molar-refractivity contribution in [2.24, 2.45) is 0 Å². The van der Waals surface area contributed by atoms with E-state index in [1.165, 1.54) is 7.05 Å². The van der Waals surface area contributed by atoms with Crippen molar-refractivity contribution in [2.75, 3.05) is 18.1 Å². The molecule has 0 saturated carbocycles. The Kier molecular flexibility index (Phi) is 4.32. The van der Waals surface area contributed by atoms with Gasteiger partial charge in [0.1, 0.15) is 5.75 Å². The van der Waals surface area contributed by atoms with Crippen LogP contribution in [0.15, 0.2) is 54.7 Å². The zero-order valence-corrected chi connectivity index (χ0v) is 13.7. The van der Waals surface area contributed by atoms with Crippen molar-refractivity contribution in [3.05, 3.63) is 54.7 Å².